The number of sulfonamides is 1. The predicted octanol–water partition coefficient (Wildman–Crippen LogP) is 0.974. The van der Waals surface area contributed by atoms with Crippen molar-refractivity contribution in [3.63, 3.8) is 0 Å². The van der Waals surface area contributed by atoms with E-state index in [0.717, 1.165) is 0 Å². The molecule has 0 radical (unpaired) electrons. The van der Waals surface area contributed by atoms with Crippen LogP contribution in [-0.2, 0) is 14.8 Å². The highest BCUT2D eigenvalue weighted by molar-refractivity contribution is 7.89. The van der Waals surface area contributed by atoms with Gasteiger partial charge in [0.1, 0.15) is 17.4 Å². The third-order valence-corrected chi connectivity index (χ3v) is 4.96. The molecule has 0 aliphatic rings. The Bertz CT molecular complexity index is 653. The molecule has 22 heavy (non-hydrogen) atoms. The summed E-state index contributed by atoms with van der Waals surface area (Å²) in [5.74, 6) is -0.462. The van der Waals surface area contributed by atoms with E-state index < -0.39 is 15.9 Å². The van der Waals surface area contributed by atoms with Gasteiger partial charge in [-0.3, -0.25) is 4.79 Å². The fourth-order valence-electron chi connectivity index (χ4n) is 1.80. The number of carbonyl (C=O) groups excluding carboxylic acids is 1. The fourth-order valence-corrected chi connectivity index (χ4v) is 3.20. The lowest BCUT2D eigenvalue weighted by Gasteiger charge is -2.18. The van der Waals surface area contributed by atoms with Crippen molar-refractivity contribution < 1.29 is 17.6 Å². The number of hydrogen-bond donors (Lipinski definition) is 1. The van der Waals surface area contributed by atoms with E-state index in [0.29, 0.717) is 18.8 Å². The Labute approximate surface area is 130 Å². The normalized spacial score (nSPS) is 12.2. The van der Waals surface area contributed by atoms with Gasteiger partial charge in [-0.05, 0) is 12.1 Å². The molecule has 1 N–H and O–H groups in total. The van der Waals surface area contributed by atoms with E-state index in [1.165, 1.54) is 16.6 Å². The maximum atomic E-state index is 12.0. The maximum absolute atomic E-state index is 12.0. The van der Waals surface area contributed by atoms with Crippen molar-refractivity contribution in [1.29, 1.82) is 5.26 Å². The first-order chi connectivity index (χ1) is 10.4. The molecule has 1 rings (SSSR count). The summed E-state index contributed by atoms with van der Waals surface area (Å²) in [6.45, 7) is 4.21. The molecular formula is C14H19N3O4S. The molecule has 0 spiro atoms. The van der Waals surface area contributed by atoms with Crippen LogP contribution in [0.2, 0.25) is 0 Å². The molecule has 0 fully saturated rings. The quantitative estimate of drug-likeness (QED) is 0.567. The Morgan fingerprint density at radius 3 is 2.64 bits per heavy atom. The predicted molar refractivity (Wildman–Crippen MR) is 82.0 cm³/mol. The molecule has 0 bridgehead atoms. The number of nitrogens with one attached hydrogen (secondary N) is 1. The highest BCUT2D eigenvalue weighted by Crippen LogP contribution is 2.07. The number of rotatable bonds is 8. The molecule has 1 aromatic heterocycles. The van der Waals surface area contributed by atoms with E-state index in [1.807, 2.05) is 0 Å². The smallest absolute Gasteiger partial charge is 0.262 e. The standard InChI is InChI=1S/C14H19N3O4S/c1-3-17(4-2)22(19,20)9-7-16-14(18)12(11-15)10-13-6-5-8-21-13/h5-6,8,10H,3-4,7,9H2,1-2H3,(H,16,18). The van der Waals surface area contributed by atoms with Crippen LogP contribution in [0.5, 0.6) is 0 Å². The molecule has 0 aromatic carbocycles. The number of hydrogen-bond acceptors (Lipinski definition) is 5. The number of furan rings is 1. The van der Waals surface area contributed by atoms with Crippen LogP contribution in [0.25, 0.3) is 6.08 Å². The van der Waals surface area contributed by atoms with Crippen LogP contribution >= 0.6 is 0 Å². The van der Waals surface area contributed by atoms with Crippen molar-refractivity contribution in [2.24, 2.45) is 0 Å². The maximum Gasteiger partial charge on any atom is 0.262 e. The molecule has 0 saturated carbocycles. The first-order valence-corrected chi connectivity index (χ1v) is 8.46. The average Bonchev–Trinajstić information content (AvgIpc) is 2.98. The molecule has 0 unspecified atom stereocenters. The summed E-state index contributed by atoms with van der Waals surface area (Å²) in [6.07, 6.45) is 2.73. The van der Waals surface area contributed by atoms with E-state index in [4.69, 9.17) is 9.68 Å². The molecule has 0 aliphatic carbocycles. The zero-order valence-electron chi connectivity index (χ0n) is 12.6. The van der Waals surface area contributed by atoms with E-state index in [-0.39, 0.29) is 17.9 Å². The van der Waals surface area contributed by atoms with Gasteiger partial charge in [0, 0.05) is 25.7 Å². The minimum absolute atomic E-state index is 0.0607. The molecule has 1 heterocycles. The summed E-state index contributed by atoms with van der Waals surface area (Å²) in [5, 5.41) is 11.4. The zero-order valence-corrected chi connectivity index (χ0v) is 13.4. The van der Waals surface area contributed by atoms with E-state index in [2.05, 4.69) is 5.32 Å². The van der Waals surface area contributed by atoms with Gasteiger partial charge >= 0.3 is 0 Å². The Balaban J connectivity index is 2.61. The lowest BCUT2D eigenvalue weighted by Crippen LogP contribution is -2.37. The highest BCUT2D eigenvalue weighted by Gasteiger charge is 2.19. The summed E-state index contributed by atoms with van der Waals surface area (Å²) in [7, 11) is -3.40. The van der Waals surface area contributed by atoms with Gasteiger partial charge in [-0.1, -0.05) is 13.8 Å². The van der Waals surface area contributed by atoms with Crippen molar-refractivity contribution in [3.05, 3.63) is 29.7 Å². The van der Waals surface area contributed by atoms with E-state index >= 15 is 0 Å². The Kier molecular flexibility index (Phi) is 6.82. The third kappa shape index (κ3) is 5.02. The number of nitrogens with zero attached hydrogens (tertiary/aromatic N) is 2. The average molecular weight is 325 g/mol. The largest absolute Gasteiger partial charge is 0.465 e. The van der Waals surface area contributed by atoms with Crippen LogP contribution in [0.15, 0.2) is 28.4 Å². The first kappa shape index (κ1) is 17.9. The van der Waals surface area contributed by atoms with Gasteiger partial charge < -0.3 is 9.73 Å². The molecule has 1 aromatic rings. The third-order valence-electron chi connectivity index (χ3n) is 2.94. The summed E-state index contributed by atoms with van der Waals surface area (Å²) in [4.78, 5) is 11.8. The second-order valence-electron chi connectivity index (χ2n) is 4.34. The van der Waals surface area contributed by atoms with Gasteiger partial charge in [-0.25, -0.2) is 12.7 Å². The van der Waals surface area contributed by atoms with Crippen LogP contribution < -0.4 is 5.32 Å². The first-order valence-electron chi connectivity index (χ1n) is 6.86. The lowest BCUT2D eigenvalue weighted by molar-refractivity contribution is -0.116. The topological polar surface area (TPSA) is 103 Å². The second-order valence-corrected chi connectivity index (χ2v) is 6.43. The highest BCUT2D eigenvalue weighted by atomic mass is 32.2. The second kappa shape index (κ2) is 8.36. The minimum atomic E-state index is -3.40. The van der Waals surface area contributed by atoms with Gasteiger partial charge in [0.25, 0.3) is 5.91 Å². The van der Waals surface area contributed by atoms with Crippen molar-refractivity contribution in [3.8, 4) is 6.07 Å². The molecule has 7 nitrogen and oxygen atoms in total. The minimum Gasteiger partial charge on any atom is -0.465 e. The molecule has 0 atom stereocenters. The van der Waals surface area contributed by atoms with Crippen LogP contribution in [0.4, 0.5) is 0 Å². The number of nitriles is 1. The summed E-state index contributed by atoms with van der Waals surface area (Å²) < 4.78 is 30.2. The monoisotopic (exact) mass is 325 g/mol. The van der Waals surface area contributed by atoms with Gasteiger partial charge in [0.05, 0.1) is 12.0 Å². The van der Waals surface area contributed by atoms with Gasteiger partial charge in [0.15, 0.2) is 0 Å². The number of carbonyl (C=O) groups is 1. The molecule has 0 aliphatic heterocycles. The van der Waals surface area contributed by atoms with Gasteiger partial charge in [-0.15, -0.1) is 0 Å². The van der Waals surface area contributed by atoms with Crippen molar-refractivity contribution >= 4 is 22.0 Å². The van der Waals surface area contributed by atoms with Crippen molar-refractivity contribution in [1.82, 2.24) is 9.62 Å². The summed E-state index contributed by atoms with van der Waals surface area (Å²) >= 11 is 0. The Morgan fingerprint density at radius 2 is 2.14 bits per heavy atom. The number of amides is 1. The molecule has 0 saturated heterocycles. The van der Waals surface area contributed by atoms with Crippen LogP contribution in [-0.4, -0.2) is 44.0 Å². The summed E-state index contributed by atoms with van der Waals surface area (Å²) in [5.41, 5.74) is -0.143. The lowest BCUT2D eigenvalue weighted by atomic mass is 10.2. The van der Waals surface area contributed by atoms with Crippen LogP contribution in [0.1, 0.15) is 19.6 Å². The SMILES string of the molecule is CCN(CC)S(=O)(=O)CCNC(=O)C(C#N)=Cc1ccco1. The molecule has 8 heteroatoms. The van der Waals surface area contributed by atoms with Crippen LogP contribution in [0.3, 0.4) is 0 Å². The molecular weight excluding hydrogens is 306 g/mol. The molecule has 120 valence electrons. The van der Waals surface area contributed by atoms with Crippen LogP contribution in [0, 0.1) is 11.3 Å². The Morgan fingerprint density at radius 1 is 1.45 bits per heavy atom. The van der Waals surface area contributed by atoms with Gasteiger partial charge in [-0.2, -0.15) is 5.26 Å². The Hall–Kier alpha value is -2.11. The van der Waals surface area contributed by atoms with Crippen molar-refractivity contribution in [2.75, 3.05) is 25.4 Å². The van der Waals surface area contributed by atoms with Gasteiger partial charge in [0.2, 0.25) is 10.0 Å². The van der Waals surface area contributed by atoms with Crippen molar-refractivity contribution in [2.45, 2.75) is 13.8 Å². The zero-order chi connectivity index (χ0) is 16.6. The van der Waals surface area contributed by atoms with E-state index in [1.54, 1.807) is 32.0 Å². The summed E-state index contributed by atoms with van der Waals surface area (Å²) in [6, 6.07) is 5.00. The fraction of sp³-hybridized carbons (Fsp3) is 0.429. The molecule has 1 amide bonds. The van der Waals surface area contributed by atoms with E-state index in [9.17, 15) is 13.2 Å².